The van der Waals surface area contributed by atoms with Crippen molar-refractivity contribution in [3.05, 3.63) is 70.0 Å². The van der Waals surface area contributed by atoms with Crippen molar-refractivity contribution in [2.24, 2.45) is 0 Å². The number of aryl methyl sites for hydroxylation is 1. The molecule has 4 rings (SSSR count). The number of nitrogens with zero attached hydrogens (tertiary/aromatic N) is 4. The molecule has 0 aliphatic carbocycles. The number of fused-ring (bicyclic) bond motifs is 1. The second kappa shape index (κ2) is 8.52. The van der Waals surface area contributed by atoms with E-state index >= 15 is 0 Å². The van der Waals surface area contributed by atoms with E-state index in [0.29, 0.717) is 21.4 Å². The molecular weight excluding hydrogens is 474 g/mol. The first kappa shape index (κ1) is 19.9. The zero-order chi connectivity index (χ0) is 20.4. The van der Waals surface area contributed by atoms with Gasteiger partial charge in [-0.05, 0) is 48.9 Å². The first-order valence-corrected chi connectivity index (χ1v) is 10.8. The second-order valence-corrected chi connectivity index (χ2v) is 8.56. The number of carbonyl (C=O) groups excluding carboxylic acids is 1. The summed E-state index contributed by atoms with van der Waals surface area (Å²) >= 11 is 10.8. The van der Waals surface area contributed by atoms with E-state index in [9.17, 15) is 4.79 Å². The number of nitrogens with one attached hydrogen (secondary N) is 1. The normalized spacial score (nSPS) is 11.0. The number of halogens is 2. The van der Waals surface area contributed by atoms with Gasteiger partial charge < -0.3 is 5.32 Å². The molecule has 0 aliphatic heterocycles. The first-order chi connectivity index (χ1) is 14.0. The molecule has 2 aromatic heterocycles. The predicted molar refractivity (Wildman–Crippen MR) is 120 cm³/mol. The van der Waals surface area contributed by atoms with E-state index in [1.165, 1.54) is 18.1 Å². The minimum absolute atomic E-state index is 0.132. The monoisotopic (exact) mass is 487 g/mol. The van der Waals surface area contributed by atoms with Crippen molar-refractivity contribution >= 4 is 61.9 Å². The van der Waals surface area contributed by atoms with Crippen LogP contribution in [-0.4, -0.2) is 31.4 Å². The van der Waals surface area contributed by atoms with E-state index in [0.717, 1.165) is 21.1 Å². The Bertz CT molecular complexity index is 1200. The highest BCUT2D eigenvalue weighted by atomic mass is 79.9. The third-order valence-corrected chi connectivity index (χ3v) is 5.98. The number of benzene rings is 2. The summed E-state index contributed by atoms with van der Waals surface area (Å²) in [5, 5.41) is 9.42. The van der Waals surface area contributed by atoms with Crippen molar-refractivity contribution in [2.75, 3.05) is 11.1 Å². The van der Waals surface area contributed by atoms with Gasteiger partial charge in [0.25, 0.3) is 0 Å². The summed E-state index contributed by atoms with van der Waals surface area (Å²) in [6, 6.07) is 13.2. The minimum atomic E-state index is -0.132. The van der Waals surface area contributed by atoms with Crippen LogP contribution in [0.2, 0.25) is 5.02 Å². The molecule has 29 heavy (non-hydrogen) atoms. The molecule has 1 N–H and O–H groups in total. The van der Waals surface area contributed by atoms with Crippen molar-refractivity contribution in [1.82, 2.24) is 19.7 Å². The molecule has 0 fully saturated rings. The van der Waals surface area contributed by atoms with E-state index in [1.807, 2.05) is 37.3 Å². The molecule has 0 spiro atoms. The van der Waals surface area contributed by atoms with Gasteiger partial charge in [0.2, 0.25) is 5.91 Å². The molecular formula is C20H15BrClN5OS. The second-order valence-electron chi connectivity index (χ2n) is 6.24. The number of amides is 1. The Morgan fingerprint density at radius 2 is 2.00 bits per heavy atom. The topological polar surface area (TPSA) is 72.7 Å². The third-order valence-electron chi connectivity index (χ3n) is 4.21. The van der Waals surface area contributed by atoms with Crippen molar-refractivity contribution in [3.63, 3.8) is 0 Å². The van der Waals surface area contributed by atoms with Gasteiger partial charge in [-0.2, -0.15) is 5.10 Å². The summed E-state index contributed by atoms with van der Waals surface area (Å²) in [7, 11) is 0. The Hall–Kier alpha value is -2.42. The molecule has 1 amide bonds. The van der Waals surface area contributed by atoms with Crippen LogP contribution in [0.5, 0.6) is 0 Å². The zero-order valence-corrected chi connectivity index (χ0v) is 18.4. The van der Waals surface area contributed by atoms with Gasteiger partial charge in [-0.15, -0.1) is 0 Å². The van der Waals surface area contributed by atoms with Gasteiger partial charge in [0.05, 0.1) is 23.0 Å². The quantitative estimate of drug-likeness (QED) is 0.306. The Balaban J connectivity index is 1.52. The van der Waals surface area contributed by atoms with E-state index in [2.05, 4.69) is 36.3 Å². The highest BCUT2D eigenvalue weighted by molar-refractivity contribution is 9.10. The smallest absolute Gasteiger partial charge is 0.234 e. The average Bonchev–Trinajstić information content (AvgIpc) is 3.14. The number of aromatic nitrogens is 4. The summed E-state index contributed by atoms with van der Waals surface area (Å²) in [6.45, 7) is 1.92. The molecule has 2 aromatic carbocycles. The highest BCUT2D eigenvalue weighted by Crippen LogP contribution is 2.27. The molecule has 0 saturated carbocycles. The van der Waals surface area contributed by atoms with Crippen LogP contribution in [0.4, 0.5) is 5.69 Å². The summed E-state index contributed by atoms with van der Waals surface area (Å²) in [4.78, 5) is 21.1. The fourth-order valence-electron chi connectivity index (χ4n) is 2.76. The van der Waals surface area contributed by atoms with Crippen LogP contribution in [0.25, 0.3) is 16.7 Å². The lowest BCUT2D eigenvalue weighted by molar-refractivity contribution is -0.113. The van der Waals surface area contributed by atoms with Gasteiger partial charge in [-0.1, -0.05) is 45.4 Å². The van der Waals surface area contributed by atoms with Crippen LogP contribution in [0.15, 0.2) is 64.5 Å². The first-order valence-electron chi connectivity index (χ1n) is 8.65. The number of anilines is 1. The lowest BCUT2D eigenvalue weighted by atomic mass is 10.2. The molecule has 0 aliphatic rings. The van der Waals surface area contributed by atoms with Crippen LogP contribution < -0.4 is 5.32 Å². The molecule has 2 heterocycles. The van der Waals surface area contributed by atoms with E-state index in [-0.39, 0.29) is 11.7 Å². The van der Waals surface area contributed by atoms with Gasteiger partial charge in [0, 0.05) is 15.2 Å². The number of hydrogen-bond acceptors (Lipinski definition) is 5. The maximum Gasteiger partial charge on any atom is 0.234 e. The molecule has 146 valence electrons. The SMILES string of the molecule is Cc1ccc(Cl)cc1NC(=O)CSc1ncnc2c1cnn2-c1ccc(Br)cc1. The Labute approximate surface area is 184 Å². The van der Waals surface area contributed by atoms with Gasteiger partial charge >= 0.3 is 0 Å². The van der Waals surface area contributed by atoms with Crippen LogP contribution in [0, 0.1) is 6.92 Å². The third kappa shape index (κ3) is 4.44. The van der Waals surface area contributed by atoms with Crippen molar-refractivity contribution in [3.8, 4) is 5.69 Å². The molecule has 0 radical (unpaired) electrons. The molecule has 0 atom stereocenters. The maximum absolute atomic E-state index is 12.4. The van der Waals surface area contributed by atoms with Crippen molar-refractivity contribution < 1.29 is 4.79 Å². The van der Waals surface area contributed by atoms with Crippen LogP contribution in [0.3, 0.4) is 0 Å². The van der Waals surface area contributed by atoms with Gasteiger partial charge in [0.15, 0.2) is 5.65 Å². The van der Waals surface area contributed by atoms with Gasteiger partial charge in [0.1, 0.15) is 11.4 Å². The Morgan fingerprint density at radius 1 is 1.21 bits per heavy atom. The molecule has 0 saturated heterocycles. The van der Waals surface area contributed by atoms with Crippen LogP contribution in [-0.2, 0) is 4.79 Å². The number of carbonyl (C=O) groups is 1. The maximum atomic E-state index is 12.4. The van der Waals surface area contributed by atoms with E-state index < -0.39 is 0 Å². The van der Waals surface area contributed by atoms with Crippen molar-refractivity contribution in [2.45, 2.75) is 11.9 Å². The Morgan fingerprint density at radius 3 is 2.79 bits per heavy atom. The molecule has 0 unspecified atom stereocenters. The van der Waals surface area contributed by atoms with Crippen molar-refractivity contribution in [1.29, 1.82) is 0 Å². The largest absolute Gasteiger partial charge is 0.325 e. The molecule has 9 heteroatoms. The Kier molecular flexibility index (Phi) is 5.84. The predicted octanol–water partition coefficient (Wildman–Crippen LogP) is 5.27. The summed E-state index contributed by atoms with van der Waals surface area (Å²) in [5.74, 6) is 0.0778. The number of rotatable bonds is 5. The zero-order valence-electron chi connectivity index (χ0n) is 15.3. The highest BCUT2D eigenvalue weighted by Gasteiger charge is 2.13. The lowest BCUT2D eigenvalue weighted by Crippen LogP contribution is -2.15. The fourth-order valence-corrected chi connectivity index (χ4v) is 3.96. The van der Waals surface area contributed by atoms with Crippen LogP contribution in [0.1, 0.15) is 5.56 Å². The average molecular weight is 489 g/mol. The van der Waals surface area contributed by atoms with Gasteiger partial charge in [-0.3, -0.25) is 4.79 Å². The van der Waals surface area contributed by atoms with E-state index in [4.69, 9.17) is 11.6 Å². The summed E-state index contributed by atoms with van der Waals surface area (Å²) < 4.78 is 2.74. The van der Waals surface area contributed by atoms with Gasteiger partial charge in [-0.25, -0.2) is 14.6 Å². The standard InChI is InChI=1S/C20H15BrClN5OS/c1-12-2-5-14(22)8-17(12)26-18(28)10-29-20-16-9-25-27(19(16)23-11-24-20)15-6-3-13(21)4-7-15/h2-9,11H,10H2,1H3,(H,26,28). The fraction of sp³-hybridized carbons (Fsp3) is 0.100. The van der Waals surface area contributed by atoms with Crippen LogP contribution >= 0.6 is 39.3 Å². The lowest BCUT2D eigenvalue weighted by Gasteiger charge is -2.09. The number of hydrogen-bond donors (Lipinski definition) is 1. The number of thioether (sulfide) groups is 1. The summed E-state index contributed by atoms with van der Waals surface area (Å²) in [6.07, 6.45) is 3.21. The minimum Gasteiger partial charge on any atom is -0.325 e. The molecule has 6 nitrogen and oxygen atoms in total. The van der Waals surface area contributed by atoms with E-state index in [1.54, 1.807) is 23.0 Å². The summed E-state index contributed by atoms with van der Waals surface area (Å²) in [5.41, 5.74) is 3.25. The molecule has 0 bridgehead atoms. The molecule has 4 aromatic rings.